The number of carbonyl (C=O) groups is 2. The van der Waals surface area contributed by atoms with Crippen LogP contribution in [0.25, 0.3) is 0 Å². The number of halogens is 2. The second-order valence-electron chi connectivity index (χ2n) is 6.72. The molecule has 0 aromatic heterocycles. The molecule has 164 valence electrons. The van der Waals surface area contributed by atoms with Crippen LogP contribution in [0.2, 0.25) is 5.02 Å². The third-order valence-electron chi connectivity index (χ3n) is 4.68. The van der Waals surface area contributed by atoms with Crippen LogP contribution in [0.15, 0.2) is 65.6 Å². The molecule has 1 saturated heterocycles. The van der Waals surface area contributed by atoms with Crippen LogP contribution in [-0.2, 0) is 31.0 Å². The molecule has 1 heterocycles. The first-order valence-electron chi connectivity index (χ1n) is 9.40. The van der Waals surface area contributed by atoms with Crippen molar-refractivity contribution in [3.63, 3.8) is 0 Å². The van der Waals surface area contributed by atoms with Crippen LogP contribution in [0.5, 0.6) is 0 Å². The number of nitrogens with zero attached hydrogens (tertiary/aromatic N) is 2. The molecule has 0 N–H and O–H groups in total. The third-order valence-corrected chi connectivity index (χ3v) is 6.94. The van der Waals surface area contributed by atoms with Gasteiger partial charge in [0.25, 0.3) is 0 Å². The van der Waals surface area contributed by atoms with E-state index in [0.717, 1.165) is 18.2 Å². The van der Waals surface area contributed by atoms with E-state index in [9.17, 15) is 22.4 Å². The predicted molar refractivity (Wildman–Crippen MR) is 112 cm³/mol. The number of carbonyl (C=O) groups excluding carboxylic acids is 2. The molecule has 0 atom stereocenters. The Labute approximate surface area is 184 Å². The van der Waals surface area contributed by atoms with Gasteiger partial charge in [0, 0.05) is 43.9 Å². The van der Waals surface area contributed by atoms with Crippen molar-refractivity contribution in [3.05, 3.63) is 77.1 Å². The van der Waals surface area contributed by atoms with E-state index in [0.29, 0.717) is 5.56 Å². The minimum atomic E-state index is -3.61. The maximum absolute atomic E-state index is 13.0. The molecule has 1 aliphatic heterocycles. The molecule has 0 radical (unpaired) electrons. The molecule has 3 rings (SSSR count). The molecule has 2 aromatic rings. The Morgan fingerprint density at radius 3 is 2.35 bits per heavy atom. The fourth-order valence-corrected chi connectivity index (χ4v) is 4.64. The van der Waals surface area contributed by atoms with Crippen LogP contribution in [0.4, 0.5) is 4.39 Å². The van der Waals surface area contributed by atoms with Gasteiger partial charge in [-0.15, -0.1) is 0 Å². The Bertz CT molecular complexity index is 1080. The lowest BCUT2D eigenvalue weighted by Gasteiger charge is -2.33. The number of esters is 1. The van der Waals surface area contributed by atoms with E-state index in [-0.39, 0.29) is 42.7 Å². The zero-order chi connectivity index (χ0) is 22.4. The molecule has 2 aromatic carbocycles. The van der Waals surface area contributed by atoms with Crippen molar-refractivity contribution in [2.24, 2.45) is 0 Å². The highest BCUT2D eigenvalue weighted by atomic mass is 35.5. The van der Waals surface area contributed by atoms with E-state index in [1.165, 1.54) is 33.5 Å². The lowest BCUT2D eigenvalue weighted by Crippen LogP contribution is -2.50. The SMILES string of the molecule is O=C(/C=C/C(=O)N1CCN(S(=O)(=O)c2ccccc2)CC1)OCc1ccc(F)cc1Cl. The molecular formula is C21H20ClFN2O5S. The second-order valence-corrected chi connectivity index (χ2v) is 9.06. The van der Waals surface area contributed by atoms with Crippen molar-refractivity contribution in [2.45, 2.75) is 11.5 Å². The largest absolute Gasteiger partial charge is 0.458 e. The molecule has 31 heavy (non-hydrogen) atoms. The topological polar surface area (TPSA) is 84.0 Å². The van der Waals surface area contributed by atoms with Gasteiger partial charge in [0.1, 0.15) is 12.4 Å². The minimum absolute atomic E-state index is 0.135. The van der Waals surface area contributed by atoms with Crippen LogP contribution in [0, 0.1) is 5.82 Å². The Kier molecular flexibility index (Phi) is 7.42. The molecule has 0 saturated carbocycles. The highest BCUT2D eigenvalue weighted by molar-refractivity contribution is 7.89. The van der Waals surface area contributed by atoms with E-state index in [4.69, 9.17) is 16.3 Å². The average molecular weight is 467 g/mol. The fourth-order valence-electron chi connectivity index (χ4n) is 2.97. The average Bonchev–Trinajstić information content (AvgIpc) is 2.77. The zero-order valence-electron chi connectivity index (χ0n) is 16.4. The molecule has 1 fully saturated rings. The standard InChI is InChI=1S/C21H20ClFN2O5S/c22-19-14-17(23)7-6-16(19)15-30-21(27)9-8-20(26)24-10-12-25(13-11-24)31(28,29)18-4-2-1-3-5-18/h1-9,14H,10-13,15H2/b9-8+. The fraction of sp³-hybridized carbons (Fsp3) is 0.238. The maximum Gasteiger partial charge on any atom is 0.331 e. The zero-order valence-corrected chi connectivity index (χ0v) is 18.0. The number of rotatable bonds is 6. The van der Waals surface area contributed by atoms with Crippen LogP contribution < -0.4 is 0 Å². The van der Waals surface area contributed by atoms with E-state index in [1.54, 1.807) is 18.2 Å². The summed E-state index contributed by atoms with van der Waals surface area (Å²) in [7, 11) is -3.61. The molecule has 1 amide bonds. The highest BCUT2D eigenvalue weighted by Gasteiger charge is 2.29. The van der Waals surface area contributed by atoms with E-state index in [1.807, 2.05) is 0 Å². The summed E-state index contributed by atoms with van der Waals surface area (Å²) in [6, 6.07) is 11.8. The first kappa shape index (κ1) is 22.9. The lowest BCUT2D eigenvalue weighted by molar-refractivity contribution is -0.139. The molecule has 0 bridgehead atoms. The summed E-state index contributed by atoms with van der Waals surface area (Å²) >= 11 is 5.87. The van der Waals surface area contributed by atoms with Crippen LogP contribution in [-0.4, -0.2) is 55.7 Å². The normalized spacial score (nSPS) is 15.2. The van der Waals surface area contributed by atoms with Crippen LogP contribution in [0.3, 0.4) is 0 Å². The Hall–Kier alpha value is -2.75. The second kappa shape index (κ2) is 10.0. The van der Waals surface area contributed by atoms with Crippen molar-refractivity contribution < 1.29 is 27.1 Å². The molecule has 10 heteroatoms. The van der Waals surface area contributed by atoms with E-state index >= 15 is 0 Å². The summed E-state index contributed by atoms with van der Waals surface area (Å²) in [4.78, 5) is 25.8. The molecule has 1 aliphatic rings. The number of ether oxygens (including phenoxy) is 1. The van der Waals surface area contributed by atoms with E-state index in [2.05, 4.69) is 0 Å². The van der Waals surface area contributed by atoms with Crippen molar-refractivity contribution in [1.29, 1.82) is 0 Å². The van der Waals surface area contributed by atoms with Gasteiger partial charge in [-0.2, -0.15) is 4.31 Å². The minimum Gasteiger partial charge on any atom is -0.458 e. The van der Waals surface area contributed by atoms with Crippen LogP contribution in [0.1, 0.15) is 5.56 Å². The number of hydrogen-bond acceptors (Lipinski definition) is 5. The van der Waals surface area contributed by atoms with Gasteiger partial charge in [-0.25, -0.2) is 17.6 Å². The first-order valence-corrected chi connectivity index (χ1v) is 11.2. The van der Waals surface area contributed by atoms with Crippen molar-refractivity contribution in [1.82, 2.24) is 9.21 Å². The summed E-state index contributed by atoms with van der Waals surface area (Å²) in [5, 5.41) is 0.135. The number of piperazine rings is 1. The van der Waals surface area contributed by atoms with Gasteiger partial charge < -0.3 is 9.64 Å². The molecular weight excluding hydrogens is 447 g/mol. The highest BCUT2D eigenvalue weighted by Crippen LogP contribution is 2.19. The van der Waals surface area contributed by atoms with Gasteiger partial charge >= 0.3 is 5.97 Å². The van der Waals surface area contributed by atoms with Crippen molar-refractivity contribution in [3.8, 4) is 0 Å². The number of hydrogen-bond donors (Lipinski definition) is 0. The van der Waals surface area contributed by atoms with Gasteiger partial charge in [-0.3, -0.25) is 4.79 Å². The quantitative estimate of drug-likeness (QED) is 0.482. The molecule has 0 spiro atoms. The molecule has 0 aliphatic carbocycles. The Morgan fingerprint density at radius 2 is 1.71 bits per heavy atom. The van der Waals surface area contributed by atoms with Gasteiger partial charge in [0.2, 0.25) is 15.9 Å². The third kappa shape index (κ3) is 5.90. The summed E-state index contributed by atoms with van der Waals surface area (Å²) in [6.45, 7) is 0.562. The summed E-state index contributed by atoms with van der Waals surface area (Å²) in [6.07, 6.45) is 2.07. The Balaban J connectivity index is 1.49. The summed E-state index contributed by atoms with van der Waals surface area (Å²) < 4.78 is 44.6. The smallest absolute Gasteiger partial charge is 0.331 e. The van der Waals surface area contributed by atoms with E-state index < -0.39 is 27.7 Å². The maximum atomic E-state index is 13.0. The number of benzene rings is 2. The molecule has 0 unspecified atom stereocenters. The summed E-state index contributed by atoms with van der Waals surface area (Å²) in [5.74, 6) is -1.67. The van der Waals surface area contributed by atoms with Gasteiger partial charge in [-0.1, -0.05) is 35.9 Å². The number of sulfonamides is 1. The monoisotopic (exact) mass is 466 g/mol. The van der Waals surface area contributed by atoms with Gasteiger partial charge in [0.05, 0.1) is 9.92 Å². The first-order chi connectivity index (χ1) is 14.8. The van der Waals surface area contributed by atoms with Crippen LogP contribution >= 0.6 is 11.6 Å². The molecule has 7 nitrogen and oxygen atoms in total. The van der Waals surface area contributed by atoms with Gasteiger partial charge in [0.15, 0.2) is 0 Å². The van der Waals surface area contributed by atoms with Crippen molar-refractivity contribution in [2.75, 3.05) is 26.2 Å². The predicted octanol–water partition coefficient (Wildman–Crippen LogP) is 2.61. The van der Waals surface area contributed by atoms with Crippen molar-refractivity contribution >= 4 is 33.5 Å². The lowest BCUT2D eigenvalue weighted by atomic mass is 10.2. The Morgan fingerprint density at radius 1 is 1.03 bits per heavy atom. The van der Waals surface area contributed by atoms with Gasteiger partial charge in [-0.05, 0) is 24.3 Å². The summed E-state index contributed by atoms with van der Waals surface area (Å²) in [5.41, 5.74) is 0.437. The number of amides is 1.